The van der Waals surface area contributed by atoms with E-state index >= 15 is 0 Å². The number of carbonyl (C=O) groups is 1. The molecule has 168 valence electrons. The largest absolute Gasteiger partial charge is 0.463 e. The third-order valence-electron chi connectivity index (χ3n) is 4.84. The van der Waals surface area contributed by atoms with Crippen LogP contribution in [0.4, 0.5) is 17.3 Å². The molecule has 0 spiro atoms. The predicted octanol–water partition coefficient (Wildman–Crippen LogP) is 3.46. The molecule has 0 radical (unpaired) electrons. The summed E-state index contributed by atoms with van der Waals surface area (Å²) in [7, 11) is 0. The fraction of sp³-hybridized carbons (Fsp3) is 0.500. The lowest BCUT2D eigenvalue weighted by Gasteiger charge is -2.23. The summed E-state index contributed by atoms with van der Waals surface area (Å²) in [5, 5.41) is 6.91. The van der Waals surface area contributed by atoms with Gasteiger partial charge in [-0.25, -0.2) is 0 Å². The minimum absolute atomic E-state index is 0.0415. The summed E-state index contributed by atoms with van der Waals surface area (Å²) >= 11 is 6.28. The van der Waals surface area contributed by atoms with E-state index in [1.807, 2.05) is 24.3 Å². The Kier molecular flexibility index (Phi) is 7.10. The third-order valence-corrected chi connectivity index (χ3v) is 5.21. The van der Waals surface area contributed by atoms with Gasteiger partial charge in [-0.3, -0.25) is 4.79 Å². The highest BCUT2D eigenvalue weighted by Crippen LogP contribution is 2.33. The van der Waals surface area contributed by atoms with E-state index in [1.54, 1.807) is 0 Å². The van der Waals surface area contributed by atoms with Gasteiger partial charge in [-0.1, -0.05) is 50.6 Å². The first kappa shape index (κ1) is 22.9. The molecule has 0 saturated carbocycles. The lowest BCUT2D eigenvalue weighted by atomic mass is 9.99. The second kappa shape index (κ2) is 9.60. The first-order valence-electron chi connectivity index (χ1n) is 10.4. The van der Waals surface area contributed by atoms with Crippen molar-refractivity contribution in [3.8, 4) is 6.01 Å². The number of anilines is 3. The Labute approximate surface area is 188 Å². The van der Waals surface area contributed by atoms with Gasteiger partial charge in [0.1, 0.15) is 5.69 Å². The molecule has 3 rings (SSSR count). The summed E-state index contributed by atoms with van der Waals surface area (Å²) in [5.74, 6) is 1.06. The Hall–Kier alpha value is -2.74. The van der Waals surface area contributed by atoms with Crippen LogP contribution in [-0.4, -0.2) is 41.6 Å². The van der Waals surface area contributed by atoms with Crippen LogP contribution in [0.25, 0.3) is 0 Å². The van der Waals surface area contributed by atoms with Crippen LogP contribution in [0.3, 0.4) is 0 Å². The Morgan fingerprint density at radius 3 is 2.74 bits per heavy atom. The zero-order valence-corrected chi connectivity index (χ0v) is 19.3. The fourth-order valence-electron chi connectivity index (χ4n) is 3.34. The number of halogens is 1. The van der Waals surface area contributed by atoms with Gasteiger partial charge in [-0.15, -0.1) is 0 Å². The molecule has 1 aromatic carbocycles. The third kappa shape index (κ3) is 6.37. The number of nitrogens with two attached hydrogens (primary N) is 1. The van der Waals surface area contributed by atoms with E-state index in [4.69, 9.17) is 22.1 Å². The van der Waals surface area contributed by atoms with Crippen molar-refractivity contribution in [3.05, 3.63) is 34.9 Å². The number of nitrogen functional groups attached to an aromatic ring is 1. The molecule has 0 aliphatic carbocycles. The molecule has 1 fully saturated rings. The van der Waals surface area contributed by atoms with Crippen LogP contribution in [-0.2, 0) is 11.3 Å². The van der Waals surface area contributed by atoms with E-state index in [-0.39, 0.29) is 23.4 Å². The Bertz CT molecular complexity index is 931. The summed E-state index contributed by atoms with van der Waals surface area (Å²) in [4.78, 5) is 22.6. The first-order chi connectivity index (χ1) is 14.6. The predicted molar refractivity (Wildman–Crippen MR) is 125 cm³/mol. The molecule has 1 aliphatic rings. The second-order valence-electron chi connectivity index (χ2n) is 9.02. The van der Waals surface area contributed by atoms with E-state index in [1.165, 1.54) is 6.92 Å². The quantitative estimate of drug-likeness (QED) is 0.598. The minimum Gasteiger partial charge on any atom is -0.463 e. The van der Waals surface area contributed by atoms with Crippen LogP contribution in [0.5, 0.6) is 6.01 Å². The Morgan fingerprint density at radius 2 is 2.06 bits per heavy atom. The van der Waals surface area contributed by atoms with Crippen LogP contribution in [0.15, 0.2) is 24.3 Å². The van der Waals surface area contributed by atoms with E-state index in [9.17, 15) is 4.79 Å². The van der Waals surface area contributed by atoms with Crippen molar-refractivity contribution in [1.82, 2.24) is 15.3 Å². The topological polar surface area (TPSA) is 105 Å². The summed E-state index contributed by atoms with van der Waals surface area (Å²) in [6, 6.07) is 7.94. The lowest BCUT2D eigenvalue weighted by Crippen LogP contribution is -2.36. The molecule has 8 nitrogen and oxygen atoms in total. The number of hydrogen-bond acceptors (Lipinski definition) is 7. The van der Waals surface area contributed by atoms with Gasteiger partial charge in [0.25, 0.3) is 0 Å². The van der Waals surface area contributed by atoms with Crippen LogP contribution < -0.4 is 26.0 Å². The van der Waals surface area contributed by atoms with Crippen molar-refractivity contribution in [1.29, 1.82) is 0 Å². The molecule has 4 N–H and O–H groups in total. The van der Waals surface area contributed by atoms with Gasteiger partial charge >= 0.3 is 6.01 Å². The Balaban J connectivity index is 1.85. The van der Waals surface area contributed by atoms with Crippen molar-refractivity contribution in [2.45, 2.75) is 46.7 Å². The Morgan fingerprint density at radius 1 is 1.32 bits per heavy atom. The zero-order valence-electron chi connectivity index (χ0n) is 18.5. The number of amides is 1. The average molecular weight is 447 g/mol. The van der Waals surface area contributed by atoms with Gasteiger partial charge in [0, 0.05) is 37.6 Å². The molecule has 1 amide bonds. The maximum Gasteiger partial charge on any atom is 0.320 e. The van der Waals surface area contributed by atoms with E-state index in [0.717, 1.165) is 18.5 Å². The molecule has 1 saturated heterocycles. The van der Waals surface area contributed by atoms with Crippen molar-refractivity contribution in [3.63, 3.8) is 0 Å². The molecule has 1 aromatic heterocycles. The van der Waals surface area contributed by atoms with Gasteiger partial charge in [0.05, 0.1) is 6.61 Å². The molecule has 1 atom stereocenters. The van der Waals surface area contributed by atoms with E-state index in [2.05, 4.69) is 46.3 Å². The molecule has 2 aromatic rings. The molecular weight excluding hydrogens is 416 g/mol. The van der Waals surface area contributed by atoms with Gasteiger partial charge in [0.15, 0.2) is 11.6 Å². The number of carbonyl (C=O) groups excluding carboxylic acids is 1. The summed E-state index contributed by atoms with van der Waals surface area (Å²) < 4.78 is 5.89. The minimum atomic E-state index is -0.0428. The van der Waals surface area contributed by atoms with Crippen molar-refractivity contribution in [2.24, 2.45) is 5.41 Å². The second-order valence-corrected chi connectivity index (χ2v) is 9.43. The molecule has 9 heteroatoms. The highest BCUT2D eigenvalue weighted by atomic mass is 35.5. The first-order valence-corrected chi connectivity index (χ1v) is 10.8. The summed E-state index contributed by atoms with van der Waals surface area (Å²) in [6.07, 6.45) is 0.823. The number of nitrogens with one attached hydrogen (secondary N) is 2. The molecule has 1 aliphatic heterocycles. The summed E-state index contributed by atoms with van der Waals surface area (Å²) in [5.41, 5.74) is 7.80. The molecule has 31 heavy (non-hydrogen) atoms. The molecule has 0 bridgehead atoms. The lowest BCUT2D eigenvalue weighted by molar-refractivity contribution is -0.119. The van der Waals surface area contributed by atoms with Crippen LogP contribution in [0.1, 0.15) is 39.7 Å². The van der Waals surface area contributed by atoms with Crippen molar-refractivity contribution < 1.29 is 9.53 Å². The summed E-state index contributed by atoms with van der Waals surface area (Å²) in [6.45, 7) is 10.1. The number of rotatable bonds is 7. The van der Waals surface area contributed by atoms with E-state index < -0.39 is 0 Å². The van der Waals surface area contributed by atoms with Gasteiger partial charge in [0.2, 0.25) is 5.91 Å². The molecule has 0 unspecified atom stereocenters. The van der Waals surface area contributed by atoms with Crippen LogP contribution >= 0.6 is 11.6 Å². The number of nitrogens with zero attached hydrogens (tertiary/aromatic N) is 3. The van der Waals surface area contributed by atoms with E-state index in [0.29, 0.717) is 42.0 Å². The normalized spacial score (nSPS) is 16.3. The standard InChI is InChI=1S/C22H31ClN6O2/c1-14(30)26-16-9-10-29(12-16)20-18(24)19(25-11-15-7-5-6-8-17(15)23)27-21(28-20)31-13-22(2,3)4/h5-8,16H,9-13,24H2,1-4H3,(H,26,30)(H,25,27,28)/t16-/m0/s1. The average Bonchev–Trinajstić information content (AvgIpc) is 3.14. The van der Waals surface area contributed by atoms with Crippen LogP contribution in [0, 0.1) is 5.41 Å². The number of aromatic nitrogens is 2. The number of hydrogen-bond donors (Lipinski definition) is 3. The monoisotopic (exact) mass is 446 g/mol. The van der Waals surface area contributed by atoms with Crippen molar-refractivity contribution in [2.75, 3.05) is 35.6 Å². The maximum atomic E-state index is 11.4. The highest BCUT2D eigenvalue weighted by molar-refractivity contribution is 6.31. The van der Waals surface area contributed by atoms with Crippen LogP contribution in [0.2, 0.25) is 5.02 Å². The van der Waals surface area contributed by atoms with Crippen molar-refractivity contribution >= 4 is 34.8 Å². The van der Waals surface area contributed by atoms with Gasteiger partial charge in [-0.2, -0.15) is 9.97 Å². The number of benzene rings is 1. The molecule has 2 heterocycles. The zero-order chi connectivity index (χ0) is 22.6. The molecular formula is C22H31ClN6O2. The SMILES string of the molecule is CC(=O)N[C@H]1CCN(c2nc(OCC(C)(C)C)nc(NCc3ccccc3Cl)c2N)C1. The maximum absolute atomic E-state index is 11.4. The van der Waals surface area contributed by atoms with Gasteiger partial charge < -0.3 is 26.0 Å². The fourth-order valence-corrected chi connectivity index (χ4v) is 3.54. The van der Waals surface area contributed by atoms with Gasteiger partial charge in [-0.05, 0) is 23.5 Å². The highest BCUT2D eigenvalue weighted by Gasteiger charge is 2.27. The smallest absolute Gasteiger partial charge is 0.320 e. The number of ether oxygens (including phenoxy) is 1.